The maximum Gasteiger partial charge on any atom is 0.359 e. The van der Waals surface area contributed by atoms with E-state index in [9.17, 15) is 9.18 Å². The van der Waals surface area contributed by atoms with Crippen molar-refractivity contribution in [2.45, 2.75) is 26.5 Å². The maximum absolute atomic E-state index is 14.5. The van der Waals surface area contributed by atoms with Crippen LogP contribution in [0.1, 0.15) is 32.9 Å². The molecule has 5 heterocycles. The second-order valence-electron chi connectivity index (χ2n) is 7.82. The first-order chi connectivity index (χ1) is 15.6. The van der Waals surface area contributed by atoms with Crippen LogP contribution in [-0.4, -0.2) is 31.9 Å². The van der Waals surface area contributed by atoms with Gasteiger partial charge in [-0.1, -0.05) is 0 Å². The number of rotatable bonds is 3. The van der Waals surface area contributed by atoms with Gasteiger partial charge >= 0.3 is 5.97 Å². The van der Waals surface area contributed by atoms with Crippen molar-refractivity contribution in [1.82, 2.24) is 19.4 Å². The summed E-state index contributed by atoms with van der Waals surface area (Å²) in [5.74, 6) is 0.351. The molecule has 0 fully saturated rings. The SMILES string of the molecule is Cc1cc2c(cn1)-c1cnc(NCc3c(F)ccc4c3CCO4)n3cnc(c13)C(=O)OC2. The van der Waals surface area contributed by atoms with Crippen molar-refractivity contribution in [3.8, 4) is 16.9 Å². The monoisotopic (exact) mass is 431 g/mol. The summed E-state index contributed by atoms with van der Waals surface area (Å²) in [5.41, 5.74) is 5.44. The average molecular weight is 431 g/mol. The molecule has 8 nitrogen and oxygen atoms in total. The summed E-state index contributed by atoms with van der Waals surface area (Å²) in [6, 6.07) is 4.97. The van der Waals surface area contributed by atoms with Gasteiger partial charge in [-0.3, -0.25) is 9.38 Å². The molecule has 4 aromatic rings. The van der Waals surface area contributed by atoms with E-state index in [1.54, 1.807) is 22.9 Å². The second-order valence-corrected chi connectivity index (χ2v) is 7.82. The summed E-state index contributed by atoms with van der Waals surface area (Å²) in [4.78, 5) is 25.9. The van der Waals surface area contributed by atoms with Gasteiger partial charge in [-0.2, -0.15) is 0 Å². The molecule has 0 radical (unpaired) electrons. The Morgan fingerprint density at radius 1 is 1.16 bits per heavy atom. The molecule has 160 valence electrons. The van der Waals surface area contributed by atoms with Gasteiger partial charge in [-0.15, -0.1) is 0 Å². The lowest BCUT2D eigenvalue weighted by Gasteiger charge is -2.17. The molecule has 0 saturated heterocycles. The molecule has 0 saturated carbocycles. The van der Waals surface area contributed by atoms with E-state index in [1.807, 2.05) is 13.0 Å². The third-order valence-corrected chi connectivity index (χ3v) is 5.90. The number of nitrogens with zero attached hydrogens (tertiary/aromatic N) is 4. The number of fused-ring (bicyclic) bond motifs is 3. The smallest absolute Gasteiger partial charge is 0.359 e. The molecule has 0 atom stereocenters. The summed E-state index contributed by atoms with van der Waals surface area (Å²) in [5, 5.41) is 3.20. The Morgan fingerprint density at radius 2 is 2.03 bits per heavy atom. The minimum absolute atomic E-state index is 0.135. The summed E-state index contributed by atoms with van der Waals surface area (Å²) in [6.45, 7) is 2.78. The van der Waals surface area contributed by atoms with E-state index in [0.717, 1.165) is 27.9 Å². The topological polar surface area (TPSA) is 90.6 Å². The zero-order chi connectivity index (χ0) is 21.8. The Balaban J connectivity index is 1.45. The zero-order valence-electron chi connectivity index (χ0n) is 17.2. The predicted molar refractivity (Wildman–Crippen MR) is 113 cm³/mol. The highest BCUT2D eigenvalue weighted by atomic mass is 19.1. The lowest BCUT2D eigenvalue weighted by molar-refractivity contribution is 0.0468. The molecule has 6 rings (SSSR count). The number of carbonyl (C=O) groups excluding carboxylic acids is 1. The van der Waals surface area contributed by atoms with Crippen LogP contribution in [0.15, 0.2) is 36.9 Å². The Labute approximate surface area is 182 Å². The molecule has 2 aliphatic heterocycles. The van der Waals surface area contributed by atoms with Crippen molar-refractivity contribution >= 4 is 17.4 Å². The summed E-state index contributed by atoms with van der Waals surface area (Å²) in [6.07, 6.45) is 5.63. The predicted octanol–water partition coefficient (Wildman–Crippen LogP) is 3.46. The molecule has 0 aliphatic carbocycles. The number of nitrogens with one attached hydrogen (secondary N) is 1. The van der Waals surface area contributed by atoms with E-state index < -0.39 is 5.97 Å². The fraction of sp³-hybridized carbons (Fsp3) is 0.217. The summed E-state index contributed by atoms with van der Waals surface area (Å²) in [7, 11) is 0. The van der Waals surface area contributed by atoms with E-state index in [2.05, 4.69) is 20.3 Å². The van der Waals surface area contributed by atoms with Crippen molar-refractivity contribution in [2.24, 2.45) is 0 Å². The molecular weight excluding hydrogens is 413 g/mol. The maximum atomic E-state index is 14.5. The number of imidazole rings is 1. The van der Waals surface area contributed by atoms with Crippen LogP contribution in [0, 0.1) is 12.7 Å². The van der Waals surface area contributed by atoms with Crippen LogP contribution in [0.4, 0.5) is 10.3 Å². The first kappa shape index (κ1) is 18.7. The lowest BCUT2D eigenvalue weighted by Crippen LogP contribution is -2.13. The van der Waals surface area contributed by atoms with Crippen LogP contribution in [0.5, 0.6) is 5.75 Å². The molecule has 2 aliphatic rings. The van der Waals surface area contributed by atoms with Crippen molar-refractivity contribution < 1.29 is 18.7 Å². The fourth-order valence-corrected chi connectivity index (χ4v) is 4.36. The van der Waals surface area contributed by atoms with Gasteiger partial charge < -0.3 is 14.8 Å². The van der Waals surface area contributed by atoms with Gasteiger partial charge in [0, 0.05) is 58.9 Å². The van der Waals surface area contributed by atoms with Crippen molar-refractivity contribution in [2.75, 3.05) is 11.9 Å². The largest absolute Gasteiger partial charge is 0.493 e. The van der Waals surface area contributed by atoms with Crippen LogP contribution in [0.25, 0.3) is 16.6 Å². The van der Waals surface area contributed by atoms with E-state index in [0.29, 0.717) is 35.8 Å². The normalized spacial score (nSPS) is 14.2. The number of hydrogen-bond acceptors (Lipinski definition) is 7. The van der Waals surface area contributed by atoms with Crippen LogP contribution in [-0.2, 0) is 24.3 Å². The van der Waals surface area contributed by atoms with E-state index in [4.69, 9.17) is 9.47 Å². The third kappa shape index (κ3) is 2.81. The number of halogens is 1. The highest BCUT2D eigenvalue weighted by molar-refractivity contribution is 6.01. The highest BCUT2D eigenvalue weighted by Crippen LogP contribution is 2.34. The first-order valence-electron chi connectivity index (χ1n) is 10.3. The standard InChI is InChI=1S/C23H18FN5O3/c1-12-6-13-10-32-22(30)20-21-17(15(13)7-25-12)9-27-23(29(21)11-28-20)26-8-16-14-4-5-31-19(14)3-2-18(16)24/h2-3,6-7,9,11H,4-5,8,10H2,1H3,(H,26,27). The lowest BCUT2D eigenvalue weighted by atomic mass is 10.0. The van der Waals surface area contributed by atoms with Gasteiger partial charge in [0.2, 0.25) is 5.95 Å². The average Bonchev–Trinajstić information content (AvgIpc) is 3.44. The van der Waals surface area contributed by atoms with E-state index >= 15 is 0 Å². The van der Waals surface area contributed by atoms with E-state index in [-0.39, 0.29) is 24.7 Å². The Bertz CT molecular complexity index is 1410. The van der Waals surface area contributed by atoms with E-state index in [1.165, 1.54) is 12.4 Å². The zero-order valence-corrected chi connectivity index (χ0v) is 17.2. The Morgan fingerprint density at radius 3 is 2.94 bits per heavy atom. The number of esters is 1. The molecular formula is C23H18FN5O3. The number of benzene rings is 1. The summed E-state index contributed by atoms with van der Waals surface area (Å²) >= 11 is 0. The highest BCUT2D eigenvalue weighted by Gasteiger charge is 2.26. The minimum Gasteiger partial charge on any atom is -0.493 e. The summed E-state index contributed by atoms with van der Waals surface area (Å²) < 4.78 is 27.2. The fourth-order valence-electron chi connectivity index (χ4n) is 4.36. The van der Waals surface area contributed by atoms with Crippen LogP contribution < -0.4 is 10.1 Å². The van der Waals surface area contributed by atoms with Gasteiger partial charge in [0.15, 0.2) is 5.69 Å². The van der Waals surface area contributed by atoms with Crippen molar-refractivity contribution in [1.29, 1.82) is 0 Å². The van der Waals surface area contributed by atoms with Gasteiger partial charge in [-0.05, 0) is 25.1 Å². The molecule has 0 spiro atoms. The molecule has 9 heteroatoms. The Hall–Kier alpha value is -4.01. The van der Waals surface area contributed by atoms with Crippen LogP contribution in [0.3, 0.4) is 0 Å². The third-order valence-electron chi connectivity index (χ3n) is 5.90. The molecule has 0 unspecified atom stereocenters. The molecule has 0 amide bonds. The van der Waals surface area contributed by atoms with Crippen LogP contribution in [0.2, 0.25) is 0 Å². The first-order valence-corrected chi connectivity index (χ1v) is 10.3. The second kappa shape index (κ2) is 7.01. The molecule has 32 heavy (non-hydrogen) atoms. The van der Waals surface area contributed by atoms with Crippen molar-refractivity contribution in [3.63, 3.8) is 0 Å². The molecule has 1 aromatic carbocycles. The number of anilines is 1. The minimum atomic E-state index is -0.505. The number of carbonyl (C=O) groups is 1. The Kier molecular flexibility index (Phi) is 4.11. The number of ether oxygens (including phenoxy) is 2. The quantitative estimate of drug-likeness (QED) is 0.497. The van der Waals surface area contributed by atoms with Crippen LogP contribution >= 0.6 is 0 Å². The number of cyclic esters (lactones) is 1. The molecule has 0 bridgehead atoms. The van der Waals surface area contributed by atoms with Gasteiger partial charge in [0.25, 0.3) is 0 Å². The van der Waals surface area contributed by atoms with Gasteiger partial charge in [0.05, 0.1) is 12.1 Å². The molecule has 3 aromatic heterocycles. The number of aryl methyl sites for hydroxylation is 1. The van der Waals surface area contributed by atoms with Gasteiger partial charge in [0.1, 0.15) is 24.5 Å². The molecule has 1 N–H and O–H groups in total. The van der Waals surface area contributed by atoms with Gasteiger partial charge in [-0.25, -0.2) is 19.2 Å². The number of aromatic nitrogens is 4. The van der Waals surface area contributed by atoms with Crippen molar-refractivity contribution in [3.05, 3.63) is 70.8 Å². The number of hydrogen-bond donors (Lipinski definition) is 1. The number of pyridine rings is 1.